The van der Waals surface area contributed by atoms with Gasteiger partial charge in [0.05, 0.1) is 5.56 Å². The van der Waals surface area contributed by atoms with Crippen molar-refractivity contribution in [2.75, 3.05) is 6.54 Å². The van der Waals surface area contributed by atoms with Gasteiger partial charge in [-0.05, 0) is 50.8 Å². The number of piperidine rings is 1. The van der Waals surface area contributed by atoms with E-state index in [4.69, 9.17) is 0 Å². The third-order valence-corrected chi connectivity index (χ3v) is 3.42. The number of hydrogen-bond donors (Lipinski definition) is 0. The Hall–Kier alpha value is -1.38. The summed E-state index contributed by atoms with van der Waals surface area (Å²) in [5, 5.41) is 0. The molecule has 0 saturated carbocycles. The Morgan fingerprint density at radius 3 is 2.82 bits per heavy atom. The number of likely N-dealkylation sites (tertiary alicyclic amines) is 1. The van der Waals surface area contributed by atoms with Crippen LogP contribution in [0.2, 0.25) is 0 Å². The molecule has 92 valence electrons. The van der Waals surface area contributed by atoms with Gasteiger partial charge in [-0.1, -0.05) is 6.07 Å². The van der Waals surface area contributed by atoms with Crippen LogP contribution < -0.4 is 0 Å². The first-order valence-corrected chi connectivity index (χ1v) is 6.16. The molecule has 1 aliphatic heterocycles. The molecule has 1 atom stereocenters. The number of benzene rings is 1. The van der Waals surface area contributed by atoms with Crippen LogP contribution in [0.25, 0.3) is 0 Å². The molecule has 3 heteroatoms. The number of carbonyl (C=O) groups excluding carboxylic acids is 1. The maximum absolute atomic E-state index is 13.7. The number of halogens is 1. The van der Waals surface area contributed by atoms with Crippen molar-refractivity contribution >= 4 is 5.91 Å². The average molecular weight is 235 g/mol. The minimum Gasteiger partial charge on any atom is -0.336 e. The van der Waals surface area contributed by atoms with Crippen molar-refractivity contribution in [3.63, 3.8) is 0 Å². The van der Waals surface area contributed by atoms with E-state index in [1.165, 1.54) is 6.07 Å². The Labute approximate surface area is 101 Å². The predicted molar refractivity (Wildman–Crippen MR) is 65.5 cm³/mol. The molecule has 2 rings (SSSR count). The summed E-state index contributed by atoms with van der Waals surface area (Å²) in [5.41, 5.74) is 1.04. The molecule has 1 heterocycles. The quantitative estimate of drug-likeness (QED) is 0.732. The molecule has 1 fully saturated rings. The summed E-state index contributed by atoms with van der Waals surface area (Å²) in [7, 11) is 0. The maximum Gasteiger partial charge on any atom is 0.257 e. The highest BCUT2D eigenvalue weighted by Crippen LogP contribution is 2.20. The summed E-state index contributed by atoms with van der Waals surface area (Å²) in [4.78, 5) is 14.0. The minimum absolute atomic E-state index is 0.172. The molecular weight excluding hydrogens is 217 g/mol. The van der Waals surface area contributed by atoms with Crippen LogP contribution in [0.1, 0.15) is 42.1 Å². The standard InChI is InChI=1S/C14H18FNO/c1-10-6-7-12(13(15)9-10)14(17)16-8-4-3-5-11(16)2/h6-7,9,11H,3-5,8H2,1-2H3. The van der Waals surface area contributed by atoms with Crippen LogP contribution in [0, 0.1) is 12.7 Å². The van der Waals surface area contributed by atoms with Gasteiger partial charge < -0.3 is 4.90 Å². The van der Waals surface area contributed by atoms with Gasteiger partial charge in [0.2, 0.25) is 0 Å². The second-order valence-corrected chi connectivity index (χ2v) is 4.83. The van der Waals surface area contributed by atoms with Crippen molar-refractivity contribution in [3.05, 3.63) is 35.1 Å². The van der Waals surface area contributed by atoms with E-state index in [-0.39, 0.29) is 17.5 Å². The molecule has 1 aromatic rings. The zero-order valence-electron chi connectivity index (χ0n) is 10.4. The van der Waals surface area contributed by atoms with Gasteiger partial charge in [0.25, 0.3) is 5.91 Å². The first-order valence-electron chi connectivity index (χ1n) is 6.16. The van der Waals surface area contributed by atoms with E-state index >= 15 is 0 Å². The molecule has 2 nitrogen and oxygen atoms in total. The average Bonchev–Trinajstić information content (AvgIpc) is 2.29. The third-order valence-electron chi connectivity index (χ3n) is 3.42. The largest absolute Gasteiger partial charge is 0.336 e. The highest BCUT2D eigenvalue weighted by atomic mass is 19.1. The number of aryl methyl sites for hydroxylation is 1. The summed E-state index contributed by atoms with van der Waals surface area (Å²) in [6, 6.07) is 5.01. The van der Waals surface area contributed by atoms with Crippen molar-refractivity contribution < 1.29 is 9.18 Å². The van der Waals surface area contributed by atoms with Gasteiger partial charge in [-0.25, -0.2) is 4.39 Å². The lowest BCUT2D eigenvalue weighted by Gasteiger charge is -2.33. The number of rotatable bonds is 1. The van der Waals surface area contributed by atoms with Crippen molar-refractivity contribution in [1.82, 2.24) is 4.90 Å². The van der Waals surface area contributed by atoms with Crippen molar-refractivity contribution in [2.45, 2.75) is 39.2 Å². The fourth-order valence-corrected chi connectivity index (χ4v) is 2.35. The molecule has 1 unspecified atom stereocenters. The normalized spacial score (nSPS) is 20.4. The number of amides is 1. The van der Waals surface area contributed by atoms with Crippen LogP contribution in [0.5, 0.6) is 0 Å². The molecule has 0 aliphatic carbocycles. The van der Waals surface area contributed by atoms with Gasteiger partial charge in [0.1, 0.15) is 5.82 Å². The van der Waals surface area contributed by atoms with Gasteiger partial charge in [0, 0.05) is 12.6 Å². The topological polar surface area (TPSA) is 20.3 Å². The molecule has 1 aromatic carbocycles. The van der Waals surface area contributed by atoms with Gasteiger partial charge in [-0.15, -0.1) is 0 Å². The highest BCUT2D eigenvalue weighted by molar-refractivity contribution is 5.94. The van der Waals surface area contributed by atoms with E-state index < -0.39 is 5.82 Å². The van der Waals surface area contributed by atoms with Crippen LogP contribution in [0.3, 0.4) is 0 Å². The summed E-state index contributed by atoms with van der Waals surface area (Å²) < 4.78 is 13.7. The van der Waals surface area contributed by atoms with Crippen molar-refractivity contribution in [2.24, 2.45) is 0 Å². The second-order valence-electron chi connectivity index (χ2n) is 4.83. The molecule has 0 aromatic heterocycles. The summed E-state index contributed by atoms with van der Waals surface area (Å²) in [5.74, 6) is -0.581. The Morgan fingerprint density at radius 1 is 1.41 bits per heavy atom. The smallest absolute Gasteiger partial charge is 0.257 e. The lowest BCUT2D eigenvalue weighted by Crippen LogP contribution is -2.42. The van der Waals surface area contributed by atoms with Crippen LogP contribution in [-0.2, 0) is 0 Å². The zero-order valence-corrected chi connectivity index (χ0v) is 10.4. The highest BCUT2D eigenvalue weighted by Gasteiger charge is 2.25. The molecule has 1 amide bonds. The van der Waals surface area contributed by atoms with Crippen molar-refractivity contribution in [3.8, 4) is 0 Å². The first-order chi connectivity index (χ1) is 8.09. The van der Waals surface area contributed by atoms with E-state index in [0.29, 0.717) is 0 Å². The Morgan fingerprint density at radius 2 is 2.18 bits per heavy atom. The molecular formula is C14H18FNO. The zero-order chi connectivity index (χ0) is 12.4. The number of carbonyl (C=O) groups is 1. The Kier molecular flexibility index (Phi) is 3.46. The molecule has 1 saturated heterocycles. The third kappa shape index (κ3) is 2.48. The Bertz CT molecular complexity index is 430. The fourth-order valence-electron chi connectivity index (χ4n) is 2.35. The summed E-state index contributed by atoms with van der Waals surface area (Å²) in [6.07, 6.45) is 3.18. The number of nitrogens with zero attached hydrogens (tertiary/aromatic N) is 1. The van der Waals surface area contributed by atoms with Gasteiger partial charge >= 0.3 is 0 Å². The lowest BCUT2D eigenvalue weighted by molar-refractivity contribution is 0.0631. The molecule has 0 spiro atoms. The van der Waals surface area contributed by atoms with Gasteiger partial charge in [-0.2, -0.15) is 0 Å². The molecule has 0 bridgehead atoms. The van der Waals surface area contributed by atoms with Gasteiger partial charge in [0.15, 0.2) is 0 Å². The fraction of sp³-hybridized carbons (Fsp3) is 0.500. The van der Waals surface area contributed by atoms with Crippen LogP contribution in [0.15, 0.2) is 18.2 Å². The van der Waals surface area contributed by atoms with Crippen LogP contribution >= 0.6 is 0 Å². The monoisotopic (exact) mass is 235 g/mol. The van der Waals surface area contributed by atoms with E-state index in [1.54, 1.807) is 17.0 Å². The van der Waals surface area contributed by atoms with Crippen LogP contribution in [0.4, 0.5) is 4.39 Å². The predicted octanol–water partition coefficient (Wildman–Crippen LogP) is 3.15. The van der Waals surface area contributed by atoms with E-state index in [1.807, 2.05) is 13.8 Å². The van der Waals surface area contributed by atoms with Gasteiger partial charge in [-0.3, -0.25) is 4.79 Å². The molecule has 0 N–H and O–H groups in total. The van der Waals surface area contributed by atoms with Crippen molar-refractivity contribution in [1.29, 1.82) is 0 Å². The summed E-state index contributed by atoms with van der Waals surface area (Å²) >= 11 is 0. The lowest BCUT2D eigenvalue weighted by atomic mass is 10.0. The van der Waals surface area contributed by atoms with Crippen LogP contribution in [-0.4, -0.2) is 23.4 Å². The Balaban J connectivity index is 2.24. The van der Waals surface area contributed by atoms with E-state index in [0.717, 1.165) is 31.4 Å². The van der Waals surface area contributed by atoms with E-state index in [2.05, 4.69) is 0 Å². The number of hydrogen-bond acceptors (Lipinski definition) is 1. The maximum atomic E-state index is 13.7. The first kappa shape index (κ1) is 12.1. The molecule has 1 aliphatic rings. The SMILES string of the molecule is Cc1ccc(C(=O)N2CCCCC2C)c(F)c1. The molecule has 0 radical (unpaired) electrons. The van der Waals surface area contributed by atoms with E-state index in [9.17, 15) is 9.18 Å². The minimum atomic E-state index is -0.409. The second kappa shape index (κ2) is 4.86. The molecule has 17 heavy (non-hydrogen) atoms. The summed E-state index contributed by atoms with van der Waals surface area (Å²) in [6.45, 7) is 4.59.